The highest BCUT2D eigenvalue weighted by molar-refractivity contribution is 7.90. The molecule has 1 saturated heterocycles. The Bertz CT molecular complexity index is 1260. The van der Waals surface area contributed by atoms with Crippen LogP contribution in [-0.4, -0.2) is 48.4 Å². The monoisotopic (exact) mass is 576 g/mol. The molecule has 8 heteroatoms. The minimum absolute atomic E-state index is 0.0336. The Balaban J connectivity index is 1.86. The minimum atomic E-state index is -3.39. The van der Waals surface area contributed by atoms with Gasteiger partial charge in [-0.1, -0.05) is 73.8 Å². The van der Waals surface area contributed by atoms with Crippen molar-refractivity contribution >= 4 is 39.1 Å². The summed E-state index contributed by atoms with van der Waals surface area (Å²) < 4.78 is 27.7. The van der Waals surface area contributed by atoms with E-state index in [2.05, 4.69) is 19.6 Å². The van der Waals surface area contributed by atoms with Crippen molar-refractivity contribution in [1.82, 2.24) is 9.21 Å². The number of carbonyl (C=O) groups excluding carboxylic acids is 1. The van der Waals surface area contributed by atoms with Crippen LogP contribution in [0.15, 0.2) is 61.2 Å². The first-order valence-corrected chi connectivity index (χ1v) is 15.7. The van der Waals surface area contributed by atoms with Gasteiger partial charge in [-0.05, 0) is 67.5 Å². The second-order valence-corrected chi connectivity index (χ2v) is 14.3. The molecular weight excluding hydrogens is 539 g/mol. The van der Waals surface area contributed by atoms with Crippen molar-refractivity contribution in [2.45, 2.75) is 75.6 Å². The molecule has 2 fully saturated rings. The lowest BCUT2D eigenvalue weighted by atomic mass is 9.67. The molecule has 4 rings (SSSR count). The van der Waals surface area contributed by atoms with Crippen molar-refractivity contribution in [3.05, 3.63) is 82.4 Å². The first kappa shape index (κ1) is 29.1. The summed E-state index contributed by atoms with van der Waals surface area (Å²) in [5, 5.41) is 0.967. The van der Waals surface area contributed by atoms with Gasteiger partial charge in [0.25, 0.3) is 0 Å². The van der Waals surface area contributed by atoms with Gasteiger partial charge in [0, 0.05) is 35.6 Å². The first-order chi connectivity index (χ1) is 18.0. The molecule has 0 N–H and O–H groups in total. The van der Waals surface area contributed by atoms with E-state index in [1.807, 2.05) is 60.4 Å². The van der Waals surface area contributed by atoms with Gasteiger partial charge in [0.05, 0.1) is 16.7 Å². The van der Waals surface area contributed by atoms with Crippen LogP contribution in [0.3, 0.4) is 0 Å². The second-order valence-electron chi connectivity index (χ2n) is 11.1. The summed E-state index contributed by atoms with van der Waals surface area (Å²) in [7, 11) is -1.74. The number of sulfonamides is 1. The number of carbonyl (C=O) groups is 1. The van der Waals surface area contributed by atoms with Crippen LogP contribution in [0.1, 0.15) is 75.5 Å². The lowest BCUT2D eigenvalue weighted by molar-refractivity contribution is -0.155. The Labute approximate surface area is 237 Å². The Morgan fingerprint density at radius 3 is 2.39 bits per heavy atom. The molecule has 1 aliphatic carbocycles. The highest BCUT2D eigenvalue weighted by atomic mass is 35.5. The number of halogens is 2. The summed E-state index contributed by atoms with van der Waals surface area (Å²) in [5.41, 5.74) is 1.35. The van der Waals surface area contributed by atoms with Crippen LogP contribution in [0.25, 0.3) is 0 Å². The van der Waals surface area contributed by atoms with Crippen molar-refractivity contribution < 1.29 is 13.2 Å². The van der Waals surface area contributed by atoms with Gasteiger partial charge in [-0.15, -0.1) is 6.58 Å². The molecule has 2 aliphatic rings. The van der Waals surface area contributed by atoms with Crippen LogP contribution in [0, 0.1) is 5.41 Å². The van der Waals surface area contributed by atoms with Gasteiger partial charge in [0.1, 0.15) is 0 Å². The third-order valence-electron chi connectivity index (χ3n) is 8.05. The Kier molecular flexibility index (Phi) is 8.98. The zero-order valence-corrected chi connectivity index (χ0v) is 24.8. The first-order valence-electron chi connectivity index (χ1n) is 13.4. The van der Waals surface area contributed by atoms with E-state index < -0.39 is 15.4 Å². The molecule has 1 saturated carbocycles. The maximum Gasteiger partial charge on any atom is 0.229 e. The van der Waals surface area contributed by atoms with Crippen LogP contribution >= 0.6 is 23.2 Å². The number of hydrogen-bond donors (Lipinski definition) is 0. The molecule has 0 unspecified atom stereocenters. The number of amides is 1. The molecule has 1 amide bonds. The van der Waals surface area contributed by atoms with Crippen LogP contribution in [-0.2, 0) is 14.8 Å². The third kappa shape index (κ3) is 5.99. The fourth-order valence-electron chi connectivity index (χ4n) is 5.96. The third-order valence-corrected chi connectivity index (χ3v) is 10.9. The molecule has 38 heavy (non-hydrogen) atoms. The molecule has 0 radical (unpaired) electrons. The van der Waals surface area contributed by atoms with Crippen LogP contribution in [0.5, 0.6) is 0 Å². The smallest absolute Gasteiger partial charge is 0.229 e. The molecule has 0 bridgehead atoms. The SMILES string of the molecule is C=CC[C@@]1(C)C[C@H](c2cccc(Cl)c2)[C@@H](c2ccc(Cl)cc2)N([C@@H](CCC)CN(C)S(=O)(=O)C2CC2)C1=O. The van der Waals surface area contributed by atoms with Crippen molar-refractivity contribution in [2.75, 3.05) is 13.6 Å². The van der Waals surface area contributed by atoms with Gasteiger partial charge >= 0.3 is 0 Å². The molecular formula is C30H38Cl2N2O3S. The van der Waals surface area contributed by atoms with Gasteiger partial charge in [-0.2, -0.15) is 0 Å². The van der Waals surface area contributed by atoms with Crippen molar-refractivity contribution in [3.8, 4) is 0 Å². The Hall–Kier alpha value is -1.86. The van der Waals surface area contributed by atoms with E-state index in [0.29, 0.717) is 42.1 Å². The van der Waals surface area contributed by atoms with Crippen molar-refractivity contribution in [3.63, 3.8) is 0 Å². The highest BCUT2D eigenvalue weighted by Crippen LogP contribution is 2.52. The lowest BCUT2D eigenvalue weighted by Crippen LogP contribution is -2.58. The predicted octanol–water partition coefficient (Wildman–Crippen LogP) is 7.23. The number of rotatable bonds is 11. The molecule has 1 heterocycles. The summed E-state index contributed by atoms with van der Waals surface area (Å²) in [6.07, 6.45) is 5.88. The van der Waals surface area contributed by atoms with Crippen LogP contribution < -0.4 is 0 Å². The number of hydrogen-bond acceptors (Lipinski definition) is 3. The van der Waals surface area contributed by atoms with E-state index in [4.69, 9.17) is 23.2 Å². The lowest BCUT2D eigenvalue weighted by Gasteiger charge is -2.52. The van der Waals surface area contributed by atoms with Crippen molar-refractivity contribution in [1.29, 1.82) is 0 Å². The standard InChI is InChI=1S/C30H38Cl2N2O3S/c1-5-8-25(20-33(4)38(36,37)26-15-16-26)34-28(21-11-13-23(31)14-12-21)27(22-9-7-10-24(32)18-22)19-30(3,17-6-2)29(34)35/h6-7,9-14,18,25-28H,2,5,8,15-17,19-20H2,1,3-4H3/t25-,27+,28+,30-/m0/s1. The summed E-state index contributed by atoms with van der Waals surface area (Å²) in [6.45, 7) is 8.29. The number of likely N-dealkylation sites (N-methyl/N-ethyl adjacent to an activating group) is 1. The van der Waals surface area contributed by atoms with E-state index in [0.717, 1.165) is 17.5 Å². The second kappa shape index (κ2) is 11.7. The molecule has 2 aromatic carbocycles. The predicted molar refractivity (Wildman–Crippen MR) is 156 cm³/mol. The van der Waals surface area contributed by atoms with Gasteiger partial charge in [0.2, 0.25) is 15.9 Å². The largest absolute Gasteiger partial charge is 0.330 e. The van der Waals surface area contributed by atoms with E-state index in [-0.39, 0.29) is 35.7 Å². The molecule has 0 aromatic heterocycles. The fourth-order valence-corrected chi connectivity index (χ4v) is 7.91. The molecule has 0 spiro atoms. The fraction of sp³-hybridized carbons (Fsp3) is 0.500. The Morgan fingerprint density at radius 1 is 1.13 bits per heavy atom. The average Bonchev–Trinajstić information content (AvgIpc) is 3.72. The number of likely N-dealkylation sites (tertiary alicyclic amines) is 1. The zero-order chi connectivity index (χ0) is 27.7. The van der Waals surface area contributed by atoms with Crippen LogP contribution in [0.2, 0.25) is 10.0 Å². The van der Waals surface area contributed by atoms with Gasteiger partial charge in [-0.3, -0.25) is 4.79 Å². The highest BCUT2D eigenvalue weighted by Gasteiger charge is 2.51. The normalized spacial score (nSPS) is 25.0. The van der Waals surface area contributed by atoms with E-state index in [1.54, 1.807) is 7.05 Å². The molecule has 206 valence electrons. The van der Waals surface area contributed by atoms with Gasteiger partial charge in [-0.25, -0.2) is 12.7 Å². The zero-order valence-electron chi connectivity index (χ0n) is 22.4. The van der Waals surface area contributed by atoms with Crippen LogP contribution in [0.4, 0.5) is 0 Å². The number of piperidine rings is 1. The summed E-state index contributed by atoms with van der Waals surface area (Å²) in [4.78, 5) is 16.5. The quantitative estimate of drug-likeness (QED) is 0.265. The van der Waals surface area contributed by atoms with E-state index in [9.17, 15) is 13.2 Å². The van der Waals surface area contributed by atoms with E-state index >= 15 is 0 Å². The minimum Gasteiger partial charge on any atom is -0.330 e. The number of benzene rings is 2. The number of nitrogens with zero attached hydrogens (tertiary/aromatic N) is 2. The summed E-state index contributed by atoms with van der Waals surface area (Å²) in [5.74, 6) is -0.0199. The molecule has 5 nitrogen and oxygen atoms in total. The maximum absolute atomic E-state index is 14.5. The number of allylic oxidation sites excluding steroid dienone is 1. The van der Waals surface area contributed by atoms with Gasteiger partial charge < -0.3 is 4.90 Å². The summed E-state index contributed by atoms with van der Waals surface area (Å²) >= 11 is 12.7. The molecule has 2 aromatic rings. The topological polar surface area (TPSA) is 57.7 Å². The Morgan fingerprint density at radius 2 is 1.82 bits per heavy atom. The maximum atomic E-state index is 14.5. The molecule has 4 atom stereocenters. The summed E-state index contributed by atoms with van der Waals surface area (Å²) in [6, 6.07) is 14.9. The molecule has 1 aliphatic heterocycles. The van der Waals surface area contributed by atoms with E-state index in [1.165, 1.54) is 4.31 Å². The average molecular weight is 578 g/mol. The van der Waals surface area contributed by atoms with Crippen molar-refractivity contribution in [2.24, 2.45) is 5.41 Å². The van der Waals surface area contributed by atoms with Gasteiger partial charge in [0.15, 0.2) is 0 Å².